The lowest BCUT2D eigenvalue weighted by Crippen LogP contribution is -2.16. The molecule has 112 valence electrons. The van der Waals surface area contributed by atoms with E-state index in [1.807, 2.05) is 0 Å². The molecule has 20 heavy (non-hydrogen) atoms. The number of hydrogen-bond donors (Lipinski definition) is 4. The number of amides is 2. The van der Waals surface area contributed by atoms with Crippen LogP contribution in [0.15, 0.2) is 0 Å². The molecule has 7 nitrogen and oxygen atoms in total. The zero-order valence-corrected chi connectivity index (χ0v) is 12.2. The minimum absolute atomic E-state index is 0.0527. The van der Waals surface area contributed by atoms with E-state index in [-0.39, 0.29) is 16.1 Å². The second kappa shape index (κ2) is 7.71. The average Bonchev–Trinajstić information content (AvgIpc) is 2.71. The van der Waals surface area contributed by atoms with Crippen LogP contribution < -0.4 is 22.5 Å². The van der Waals surface area contributed by atoms with Gasteiger partial charge in [0.25, 0.3) is 11.8 Å². The first kappa shape index (κ1) is 16.3. The van der Waals surface area contributed by atoms with Gasteiger partial charge in [0.15, 0.2) is 0 Å². The fourth-order valence-electron chi connectivity index (χ4n) is 1.75. The summed E-state index contributed by atoms with van der Waals surface area (Å²) in [4.78, 5) is 22.8. The molecule has 1 aromatic rings. The summed E-state index contributed by atoms with van der Waals surface area (Å²) >= 11 is 1.05. The molecule has 0 bridgehead atoms. The fourth-order valence-corrected chi connectivity index (χ4v) is 2.75. The summed E-state index contributed by atoms with van der Waals surface area (Å²) < 4.78 is 4.96. The molecular formula is C12H20N4O3S. The largest absolute Gasteiger partial charge is 0.397 e. The predicted molar refractivity (Wildman–Crippen MR) is 80.0 cm³/mol. The number of hydrogen-bond acceptors (Lipinski definition) is 6. The van der Waals surface area contributed by atoms with Crippen LogP contribution in [0.4, 0.5) is 10.7 Å². The van der Waals surface area contributed by atoms with Crippen LogP contribution in [0.2, 0.25) is 0 Å². The second-order valence-corrected chi connectivity index (χ2v) is 5.28. The molecule has 0 saturated heterocycles. The highest BCUT2D eigenvalue weighted by atomic mass is 32.1. The highest BCUT2D eigenvalue weighted by Crippen LogP contribution is 2.35. The molecule has 0 unspecified atom stereocenters. The van der Waals surface area contributed by atoms with Crippen LogP contribution in [-0.4, -0.2) is 32.1 Å². The van der Waals surface area contributed by atoms with Gasteiger partial charge >= 0.3 is 0 Å². The molecule has 1 rings (SSSR count). The van der Waals surface area contributed by atoms with Crippen molar-refractivity contribution in [2.75, 3.05) is 31.3 Å². The number of anilines is 2. The molecule has 0 radical (unpaired) electrons. The molecule has 0 aliphatic rings. The third kappa shape index (κ3) is 4.10. The van der Waals surface area contributed by atoms with E-state index in [0.29, 0.717) is 11.5 Å². The van der Waals surface area contributed by atoms with Crippen molar-refractivity contribution in [2.24, 2.45) is 11.5 Å². The van der Waals surface area contributed by atoms with E-state index in [9.17, 15) is 9.59 Å². The van der Waals surface area contributed by atoms with Gasteiger partial charge in [0, 0.05) is 20.3 Å². The Labute approximate surface area is 121 Å². The molecule has 1 aromatic heterocycles. The number of nitrogen functional groups attached to an aromatic ring is 1. The van der Waals surface area contributed by atoms with E-state index in [1.165, 1.54) is 0 Å². The van der Waals surface area contributed by atoms with Gasteiger partial charge in [-0.05, 0) is 19.3 Å². The van der Waals surface area contributed by atoms with Crippen LogP contribution in [0.3, 0.4) is 0 Å². The summed E-state index contributed by atoms with van der Waals surface area (Å²) in [6.45, 7) is 1.38. The van der Waals surface area contributed by atoms with E-state index >= 15 is 0 Å². The minimum atomic E-state index is -0.673. The van der Waals surface area contributed by atoms with Gasteiger partial charge in [-0.25, -0.2) is 0 Å². The minimum Gasteiger partial charge on any atom is -0.397 e. The number of nitrogens with one attached hydrogen (secondary N) is 1. The van der Waals surface area contributed by atoms with Crippen molar-refractivity contribution in [3.8, 4) is 0 Å². The van der Waals surface area contributed by atoms with Crippen molar-refractivity contribution in [3.63, 3.8) is 0 Å². The molecule has 0 spiro atoms. The normalized spacial score (nSPS) is 10.4. The number of methoxy groups -OCH3 is 1. The number of carbonyl (C=O) groups is 2. The van der Waals surface area contributed by atoms with Gasteiger partial charge in [0.2, 0.25) is 0 Å². The van der Waals surface area contributed by atoms with E-state index in [0.717, 1.165) is 37.2 Å². The molecule has 1 heterocycles. The van der Waals surface area contributed by atoms with Crippen LogP contribution in [0.5, 0.6) is 0 Å². The molecule has 2 amide bonds. The summed E-state index contributed by atoms with van der Waals surface area (Å²) in [5.41, 5.74) is 16.4. The Bertz CT molecular complexity index is 487. The van der Waals surface area contributed by atoms with Gasteiger partial charge in [-0.15, -0.1) is 11.3 Å². The van der Waals surface area contributed by atoms with Crippen LogP contribution >= 0.6 is 11.3 Å². The lowest BCUT2D eigenvalue weighted by molar-refractivity contribution is 0.0999. The third-order valence-corrected chi connectivity index (χ3v) is 3.90. The summed E-state index contributed by atoms with van der Waals surface area (Å²) in [5.74, 6) is -1.34. The highest BCUT2D eigenvalue weighted by Gasteiger charge is 2.22. The number of ether oxygens (including phenoxy) is 1. The summed E-state index contributed by atoms with van der Waals surface area (Å²) in [7, 11) is 1.66. The Hall–Kier alpha value is -1.80. The smallest absolute Gasteiger partial charge is 0.260 e. The Morgan fingerprint density at radius 2 is 1.90 bits per heavy atom. The monoisotopic (exact) mass is 300 g/mol. The van der Waals surface area contributed by atoms with Gasteiger partial charge in [0.05, 0.1) is 11.3 Å². The molecule has 0 fully saturated rings. The lowest BCUT2D eigenvalue weighted by atomic mass is 10.2. The van der Waals surface area contributed by atoms with E-state index in [2.05, 4.69) is 5.32 Å². The van der Waals surface area contributed by atoms with Crippen LogP contribution in [-0.2, 0) is 4.74 Å². The van der Waals surface area contributed by atoms with Crippen molar-refractivity contribution in [3.05, 3.63) is 10.4 Å². The number of carbonyl (C=O) groups excluding carboxylic acids is 2. The van der Waals surface area contributed by atoms with E-state index in [4.69, 9.17) is 21.9 Å². The average molecular weight is 300 g/mol. The standard InChI is InChI=1S/C12H20N4O3S/c1-19-6-4-2-3-5-16-12-7(10(14)17)8(13)9(20-12)11(15)18/h16H,2-6,13H2,1H3,(H2,14,17)(H2,15,18). The molecule has 0 aliphatic heterocycles. The molecule has 0 saturated carbocycles. The topological polar surface area (TPSA) is 133 Å². The summed E-state index contributed by atoms with van der Waals surface area (Å²) in [6, 6.07) is 0. The maximum absolute atomic E-state index is 11.4. The number of nitrogens with two attached hydrogens (primary N) is 3. The Morgan fingerprint density at radius 3 is 2.45 bits per heavy atom. The maximum atomic E-state index is 11.4. The Kier molecular flexibility index (Phi) is 6.26. The zero-order valence-electron chi connectivity index (χ0n) is 11.4. The van der Waals surface area contributed by atoms with Crippen molar-refractivity contribution < 1.29 is 14.3 Å². The first-order valence-electron chi connectivity index (χ1n) is 6.23. The SMILES string of the molecule is COCCCCCNc1sc(C(N)=O)c(N)c1C(N)=O. The molecule has 7 N–H and O–H groups in total. The van der Waals surface area contributed by atoms with Crippen molar-refractivity contribution in [1.82, 2.24) is 0 Å². The molecule has 8 heteroatoms. The first-order chi connectivity index (χ1) is 9.49. The van der Waals surface area contributed by atoms with Gasteiger partial charge in [-0.1, -0.05) is 0 Å². The maximum Gasteiger partial charge on any atom is 0.260 e. The summed E-state index contributed by atoms with van der Waals surface area (Å²) in [5, 5.41) is 3.57. The lowest BCUT2D eigenvalue weighted by Gasteiger charge is -2.05. The quantitative estimate of drug-likeness (QED) is 0.499. The van der Waals surface area contributed by atoms with Crippen molar-refractivity contribution >= 4 is 33.8 Å². The Balaban J connectivity index is 2.67. The zero-order chi connectivity index (χ0) is 15.1. The number of unbranched alkanes of at least 4 members (excludes halogenated alkanes) is 2. The second-order valence-electron chi connectivity index (χ2n) is 4.26. The molecule has 0 aliphatic carbocycles. The third-order valence-electron chi connectivity index (χ3n) is 2.73. The van der Waals surface area contributed by atoms with E-state index in [1.54, 1.807) is 7.11 Å². The van der Waals surface area contributed by atoms with Gasteiger partial charge in [-0.2, -0.15) is 0 Å². The molecular weight excluding hydrogens is 280 g/mol. The van der Waals surface area contributed by atoms with Gasteiger partial charge in [-0.3, -0.25) is 9.59 Å². The summed E-state index contributed by atoms with van der Waals surface area (Å²) in [6.07, 6.45) is 2.88. The Morgan fingerprint density at radius 1 is 1.20 bits per heavy atom. The van der Waals surface area contributed by atoms with Gasteiger partial charge < -0.3 is 27.3 Å². The first-order valence-corrected chi connectivity index (χ1v) is 7.05. The van der Waals surface area contributed by atoms with Crippen LogP contribution in [0.25, 0.3) is 0 Å². The number of rotatable bonds is 9. The number of primary amides is 2. The van der Waals surface area contributed by atoms with Crippen molar-refractivity contribution in [1.29, 1.82) is 0 Å². The van der Waals surface area contributed by atoms with Crippen LogP contribution in [0.1, 0.15) is 39.3 Å². The molecule has 0 aromatic carbocycles. The predicted octanol–water partition coefficient (Wildman–Crippen LogP) is 0.757. The highest BCUT2D eigenvalue weighted by molar-refractivity contribution is 7.19. The van der Waals surface area contributed by atoms with E-state index < -0.39 is 11.8 Å². The fraction of sp³-hybridized carbons (Fsp3) is 0.500. The van der Waals surface area contributed by atoms with Crippen LogP contribution in [0, 0.1) is 0 Å². The van der Waals surface area contributed by atoms with Gasteiger partial charge in [0.1, 0.15) is 9.88 Å². The van der Waals surface area contributed by atoms with Crippen molar-refractivity contribution in [2.45, 2.75) is 19.3 Å². The molecule has 0 atom stereocenters. The number of thiophene rings is 1.